The van der Waals surface area contributed by atoms with Gasteiger partial charge in [0.05, 0.1) is 0 Å². The van der Waals surface area contributed by atoms with Crippen LogP contribution in [0.3, 0.4) is 0 Å². The van der Waals surface area contributed by atoms with Gasteiger partial charge in [-0.25, -0.2) is 0 Å². The number of aryl methyl sites for hydroxylation is 1. The predicted molar refractivity (Wildman–Crippen MR) is 52.3 cm³/mol. The van der Waals surface area contributed by atoms with Gasteiger partial charge in [-0.1, -0.05) is 0 Å². The molecular weight excluding hydrogens is 206 g/mol. The zero-order valence-corrected chi connectivity index (χ0v) is 8.58. The summed E-state index contributed by atoms with van der Waals surface area (Å²) in [6.45, 7) is 3.40. The van der Waals surface area contributed by atoms with E-state index in [4.69, 9.17) is 5.11 Å². The quantitative estimate of drug-likeness (QED) is 0.754. The third-order valence-corrected chi connectivity index (χ3v) is 2.33. The Bertz CT molecular complexity index is 413. The Kier molecular flexibility index (Phi) is 2.37. The first kappa shape index (κ1) is 10.7. The Balaban J connectivity index is 0.000000980. The number of fused-ring (bicyclic) bond motifs is 1. The van der Waals surface area contributed by atoms with Gasteiger partial charge < -0.3 is 5.11 Å². The lowest BCUT2D eigenvalue weighted by Gasteiger charge is -2.12. The predicted octanol–water partition coefficient (Wildman–Crippen LogP) is 0.835. The molecular formula is C8H10ClN3O2. The Labute approximate surface area is 86.9 Å². The average Bonchev–Trinajstić information content (AvgIpc) is 2.57. The number of rotatable bonds is 1. The van der Waals surface area contributed by atoms with Crippen molar-refractivity contribution >= 4 is 24.6 Å². The van der Waals surface area contributed by atoms with Gasteiger partial charge in [-0.3, -0.25) is 9.36 Å². The molecule has 1 aromatic rings. The van der Waals surface area contributed by atoms with E-state index in [-0.39, 0.29) is 12.4 Å². The fourth-order valence-electron chi connectivity index (χ4n) is 1.37. The minimum atomic E-state index is -1.03. The second kappa shape index (κ2) is 3.09. The van der Waals surface area contributed by atoms with Crippen LogP contribution in [0.2, 0.25) is 0 Å². The molecule has 1 atom stereocenters. The third kappa shape index (κ3) is 1.13. The highest BCUT2D eigenvalue weighted by atomic mass is 35.5. The SMILES string of the molecule is Cc1nnc2n1C=CC2(C)C(=O)O.Cl. The van der Waals surface area contributed by atoms with E-state index in [2.05, 4.69) is 10.2 Å². The summed E-state index contributed by atoms with van der Waals surface area (Å²) in [5.41, 5.74) is -1.03. The molecule has 1 unspecified atom stereocenters. The summed E-state index contributed by atoms with van der Waals surface area (Å²) < 4.78 is 1.69. The molecule has 1 N–H and O–H groups in total. The molecule has 2 heterocycles. The molecule has 0 saturated heterocycles. The van der Waals surface area contributed by atoms with Crippen molar-refractivity contribution in [2.24, 2.45) is 0 Å². The molecule has 0 bridgehead atoms. The largest absolute Gasteiger partial charge is 0.480 e. The van der Waals surface area contributed by atoms with Crippen molar-refractivity contribution in [3.63, 3.8) is 0 Å². The van der Waals surface area contributed by atoms with Crippen LogP contribution in [0.15, 0.2) is 6.08 Å². The lowest BCUT2D eigenvalue weighted by atomic mass is 9.92. The van der Waals surface area contributed by atoms with E-state index in [0.717, 1.165) is 0 Å². The highest BCUT2D eigenvalue weighted by molar-refractivity contribution is 5.85. The Morgan fingerprint density at radius 2 is 2.21 bits per heavy atom. The maximum Gasteiger partial charge on any atom is 0.321 e. The van der Waals surface area contributed by atoms with Crippen LogP contribution >= 0.6 is 12.4 Å². The van der Waals surface area contributed by atoms with E-state index < -0.39 is 11.4 Å². The molecule has 6 heteroatoms. The lowest BCUT2D eigenvalue weighted by Crippen LogP contribution is -2.29. The van der Waals surface area contributed by atoms with Crippen molar-refractivity contribution in [3.8, 4) is 0 Å². The zero-order chi connectivity index (χ0) is 9.64. The van der Waals surface area contributed by atoms with E-state index in [9.17, 15) is 4.79 Å². The Morgan fingerprint density at radius 3 is 2.79 bits per heavy atom. The number of hydrogen-bond donors (Lipinski definition) is 1. The molecule has 0 saturated carbocycles. The van der Waals surface area contributed by atoms with Crippen molar-refractivity contribution < 1.29 is 9.90 Å². The monoisotopic (exact) mass is 215 g/mol. The molecule has 0 fully saturated rings. The average molecular weight is 216 g/mol. The smallest absolute Gasteiger partial charge is 0.321 e. The number of carboxylic acids is 1. The van der Waals surface area contributed by atoms with Crippen LogP contribution in [-0.2, 0) is 10.2 Å². The summed E-state index contributed by atoms with van der Waals surface area (Å²) in [6, 6.07) is 0. The van der Waals surface area contributed by atoms with Gasteiger partial charge in [0.15, 0.2) is 5.82 Å². The summed E-state index contributed by atoms with van der Waals surface area (Å²) in [5.74, 6) is 0.267. The van der Waals surface area contributed by atoms with E-state index >= 15 is 0 Å². The molecule has 76 valence electrons. The maximum absolute atomic E-state index is 11.0. The van der Waals surface area contributed by atoms with Gasteiger partial charge >= 0.3 is 5.97 Å². The normalized spacial score (nSPS) is 23.0. The molecule has 1 aliphatic rings. The summed E-state index contributed by atoms with van der Waals surface area (Å²) in [7, 11) is 0. The molecule has 0 spiro atoms. The molecule has 0 aliphatic carbocycles. The fourth-order valence-corrected chi connectivity index (χ4v) is 1.37. The van der Waals surface area contributed by atoms with Crippen LogP contribution in [0.25, 0.3) is 6.20 Å². The van der Waals surface area contributed by atoms with E-state index in [1.54, 1.807) is 30.7 Å². The van der Waals surface area contributed by atoms with Crippen LogP contribution in [-0.4, -0.2) is 25.8 Å². The third-order valence-electron chi connectivity index (χ3n) is 2.33. The minimum absolute atomic E-state index is 0. The number of carbonyl (C=O) groups is 1. The number of halogens is 1. The minimum Gasteiger partial charge on any atom is -0.480 e. The molecule has 1 aliphatic heterocycles. The van der Waals surface area contributed by atoms with Crippen molar-refractivity contribution in [1.82, 2.24) is 14.8 Å². The maximum atomic E-state index is 11.0. The van der Waals surface area contributed by atoms with Crippen LogP contribution in [0.1, 0.15) is 18.6 Å². The summed E-state index contributed by atoms with van der Waals surface area (Å²) in [4.78, 5) is 11.0. The highest BCUT2D eigenvalue weighted by Crippen LogP contribution is 2.30. The first-order valence-corrected chi connectivity index (χ1v) is 3.90. The standard InChI is InChI=1S/C8H9N3O2.ClH/c1-5-9-10-6-8(2,7(12)13)3-4-11(5)6;/h3-4H,1-2H3,(H,12,13);1H. The Hall–Kier alpha value is -1.36. The Morgan fingerprint density at radius 1 is 1.57 bits per heavy atom. The van der Waals surface area contributed by atoms with Gasteiger partial charge in [-0.2, -0.15) is 0 Å². The molecule has 14 heavy (non-hydrogen) atoms. The first-order chi connectivity index (χ1) is 6.05. The number of carboxylic acid groups (broad SMARTS) is 1. The van der Waals surface area contributed by atoms with Gasteiger partial charge in [0, 0.05) is 6.20 Å². The highest BCUT2D eigenvalue weighted by Gasteiger charge is 2.41. The molecule has 0 amide bonds. The number of hydrogen-bond acceptors (Lipinski definition) is 3. The van der Waals surface area contributed by atoms with Crippen molar-refractivity contribution in [2.75, 3.05) is 0 Å². The van der Waals surface area contributed by atoms with Crippen molar-refractivity contribution in [2.45, 2.75) is 19.3 Å². The molecule has 2 rings (SSSR count). The summed E-state index contributed by atoms with van der Waals surface area (Å²) in [5, 5.41) is 16.7. The molecule has 0 aromatic carbocycles. The van der Waals surface area contributed by atoms with Crippen LogP contribution in [0, 0.1) is 6.92 Å². The van der Waals surface area contributed by atoms with Gasteiger partial charge in [0.2, 0.25) is 0 Å². The van der Waals surface area contributed by atoms with E-state index in [1.165, 1.54) is 0 Å². The first-order valence-electron chi connectivity index (χ1n) is 3.90. The second-order valence-electron chi connectivity index (χ2n) is 3.26. The van der Waals surface area contributed by atoms with Gasteiger partial charge in [-0.15, -0.1) is 22.6 Å². The topological polar surface area (TPSA) is 68.0 Å². The summed E-state index contributed by atoms with van der Waals surface area (Å²) in [6.07, 6.45) is 3.31. The van der Waals surface area contributed by atoms with Crippen LogP contribution in [0.5, 0.6) is 0 Å². The molecule has 1 aromatic heterocycles. The zero-order valence-electron chi connectivity index (χ0n) is 7.76. The van der Waals surface area contributed by atoms with Crippen LogP contribution < -0.4 is 0 Å². The number of aromatic nitrogens is 3. The van der Waals surface area contributed by atoms with Gasteiger partial charge in [-0.05, 0) is 19.9 Å². The number of aliphatic carboxylic acids is 1. The van der Waals surface area contributed by atoms with Gasteiger partial charge in [0.25, 0.3) is 0 Å². The van der Waals surface area contributed by atoms with E-state index in [0.29, 0.717) is 11.6 Å². The number of nitrogens with zero attached hydrogens (tertiary/aromatic N) is 3. The van der Waals surface area contributed by atoms with E-state index in [1.807, 2.05) is 0 Å². The molecule has 0 radical (unpaired) electrons. The lowest BCUT2D eigenvalue weighted by molar-refractivity contribution is -0.141. The van der Waals surface area contributed by atoms with Crippen molar-refractivity contribution in [3.05, 3.63) is 17.7 Å². The second-order valence-corrected chi connectivity index (χ2v) is 3.26. The fraction of sp³-hybridized carbons (Fsp3) is 0.375. The summed E-state index contributed by atoms with van der Waals surface area (Å²) >= 11 is 0. The van der Waals surface area contributed by atoms with Crippen molar-refractivity contribution in [1.29, 1.82) is 0 Å². The molecule has 5 nitrogen and oxygen atoms in total. The van der Waals surface area contributed by atoms with Crippen LogP contribution in [0.4, 0.5) is 0 Å². The van der Waals surface area contributed by atoms with Gasteiger partial charge in [0.1, 0.15) is 11.2 Å².